The first-order chi connectivity index (χ1) is 15.0. The van der Waals surface area contributed by atoms with Gasteiger partial charge in [0.15, 0.2) is 0 Å². The molecule has 0 fully saturated rings. The molecule has 1 aromatic carbocycles. The van der Waals surface area contributed by atoms with Crippen molar-refractivity contribution in [2.24, 2.45) is 0 Å². The molecular formula is C24H24F3N3O2. The largest absolute Gasteiger partial charge is 0.478 e. The molecule has 3 heterocycles. The Labute approximate surface area is 183 Å². The third-order valence-corrected chi connectivity index (χ3v) is 5.73. The number of hydrogen-bond donors (Lipinski definition) is 2. The summed E-state index contributed by atoms with van der Waals surface area (Å²) in [4.78, 5) is 20.1. The zero-order chi connectivity index (χ0) is 23.2. The number of fused-ring (bicyclic) bond motifs is 3. The summed E-state index contributed by atoms with van der Waals surface area (Å²) in [6.45, 7) is 4.76. The molecule has 0 radical (unpaired) electrons. The number of nitrogens with one attached hydrogen (secondary N) is 1. The summed E-state index contributed by atoms with van der Waals surface area (Å²) in [5, 5.41) is 9.67. The molecule has 168 valence electrons. The Morgan fingerprint density at radius 1 is 1.34 bits per heavy atom. The van der Waals surface area contributed by atoms with Crippen LogP contribution in [-0.4, -0.2) is 44.2 Å². The van der Waals surface area contributed by atoms with E-state index in [-0.39, 0.29) is 23.7 Å². The fraction of sp³-hybridized carbons (Fsp3) is 0.333. The Kier molecular flexibility index (Phi) is 5.58. The molecule has 1 unspecified atom stereocenters. The van der Waals surface area contributed by atoms with Crippen molar-refractivity contribution in [2.45, 2.75) is 44.9 Å². The van der Waals surface area contributed by atoms with E-state index in [0.717, 1.165) is 35.2 Å². The maximum absolute atomic E-state index is 15.3. The summed E-state index contributed by atoms with van der Waals surface area (Å²) in [5.74, 6) is -2.87. The molecule has 0 saturated carbocycles. The number of benzene rings is 1. The summed E-state index contributed by atoms with van der Waals surface area (Å²) >= 11 is 0. The SMILES string of the molecule is CC1Cc2c([nH]c3ncccc23)[C@@H](c2c(F)cc(/C=C/C(=O)O)cc2F)N1CC(C)(C)F. The summed E-state index contributed by atoms with van der Waals surface area (Å²) in [5.41, 5.74) is 0.399. The molecule has 0 spiro atoms. The summed E-state index contributed by atoms with van der Waals surface area (Å²) in [6.07, 6.45) is 4.16. The fourth-order valence-corrected chi connectivity index (χ4v) is 4.50. The minimum absolute atomic E-state index is 0.0272. The molecule has 2 N–H and O–H groups in total. The lowest BCUT2D eigenvalue weighted by molar-refractivity contribution is -0.131. The maximum atomic E-state index is 15.3. The Morgan fingerprint density at radius 2 is 2.03 bits per heavy atom. The number of pyridine rings is 1. The number of alkyl halides is 1. The lowest BCUT2D eigenvalue weighted by Gasteiger charge is -2.43. The van der Waals surface area contributed by atoms with Gasteiger partial charge in [0.05, 0.1) is 6.04 Å². The number of carboxylic acid groups (broad SMARTS) is 1. The average molecular weight is 443 g/mol. The maximum Gasteiger partial charge on any atom is 0.328 e. The van der Waals surface area contributed by atoms with Crippen molar-refractivity contribution in [3.05, 3.63) is 70.6 Å². The highest BCUT2D eigenvalue weighted by atomic mass is 19.1. The Bertz CT molecular complexity index is 1190. The van der Waals surface area contributed by atoms with Gasteiger partial charge in [-0.1, -0.05) is 0 Å². The van der Waals surface area contributed by atoms with E-state index in [2.05, 4.69) is 9.97 Å². The van der Waals surface area contributed by atoms with Crippen LogP contribution in [0.25, 0.3) is 17.1 Å². The molecule has 0 saturated heterocycles. The smallest absolute Gasteiger partial charge is 0.328 e. The molecule has 4 rings (SSSR count). The van der Waals surface area contributed by atoms with Gasteiger partial charge in [0, 0.05) is 41.5 Å². The predicted octanol–water partition coefficient (Wildman–Crippen LogP) is 5.02. The van der Waals surface area contributed by atoms with Crippen molar-refractivity contribution in [3.8, 4) is 0 Å². The molecule has 1 aliphatic heterocycles. The Morgan fingerprint density at radius 3 is 2.66 bits per heavy atom. The van der Waals surface area contributed by atoms with Gasteiger partial charge in [-0.25, -0.2) is 22.9 Å². The van der Waals surface area contributed by atoms with E-state index in [0.29, 0.717) is 17.8 Å². The molecular weight excluding hydrogens is 419 g/mol. The summed E-state index contributed by atoms with van der Waals surface area (Å²) in [6, 6.07) is 4.82. The molecule has 1 aliphatic rings. The number of aromatic nitrogens is 2. The number of nitrogens with zero attached hydrogens (tertiary/aromatic N) is 2. The first kappa shape index (κ1) is 22.1. The van der Waals surface area contributed by atoms with E-state index in [1.807, 2.05) is 13.0 Å². The van der Waals surface area contributed by atoms with Gasteiger partial charge in [-0.15, -0.1) is 0 Å². The van der Waals surface area contributed by atoms with Crippen LogP contribution in [0.2, 0.25) is 0 Å². The predicted molar refractivity (Wildman–Crippen MR) is 116 cm³/mol. The second-order valence-electron chi connectivity index (χ2n) is 8.83. The minimum atomic E-state index is -1.59. The lowest BCUT2D eigenvalue weighted by atomic mass is 9.87. The number of hydrogen-bond acceptors (Lipinski definition) is 3. The number of aromatic amines is 1. The van der Waals surface area contributed by atoms with Crippen LogP contribution in [-0.2, 0) is 11.2 Å². The normalized spacial score (nSPS) is 19.6. The first-order valence-electron chi connectivity index (χ1n) is 10.3. The molecule has 5 nitrogen and oxygen atoms in total. The highest BCUT2D eigenvalue weighted by molar-refractivity contribution is 5.85. The summed E-state index contributed by atoms with van der Waals surface area (Å²) in [7, 11) is 0. The van der Waals surface area contributed by atoms with E-state index in [1.54, 1.807) is 17.2 Å². The van der Waals surface area contributed by atoms with Gasteiger partial charge in [0.25, 0.3) is 0 Å². The number of carbonyl (C=O) groups is 1. The first-order valence-corrected chi connectivity index (χ1v) is 10.3. The van der Waals surface area contributed by atoms with Crippen LogP contribution >= 0.6 is 0 Å². The third-order valence-electron chi connectivity index (χ3n) is 5.73. The number of rotatable bonds is 5. The van der Waals surface area contributed by atoms with Crippen molar-refractivity contribution in [2.75, 3.05) is 6.54 Å². The number of carboxylic acids is 1. The average Bonchev–Trinajstić information content (AvgIpc) is 3.05. The van der Waals surface area contributed by atoms with Gasteiger partial charge < -0.3 is 10.1 Å². The van der Waals surface area contributed by atoms with E-state index >= 15 is 8.78 Å². The van der Waals surface area contributed by atoms with Crippen LogP contribution in [0.15, 0.2) is 36.5 Å². The van der Waals surface area contributed by atoms with Gasteiger partial charge in [0.1, 0.15) is 23.0 Å². The number of aliphatic carboxylic acids is 1. The third kappa shape index (κ3) is 4.14. The van der Waals surface area contributed by atoms with Crippen molar-refractivity contribution in [1.29, 1.82) is 0 Å². The molecule has 0 amide bonds. The monoisotopic (exact) mass is 443 g/mol. The highest BCUT2D eigenvalue weighted by Gasteiger charge is 2.41. The van der Waals surface area contributed by atoms with E-state index in [9.17, 15) is 9.18 Å². The standard InChI is InChI=1S/C24H24F3N3O2/c1-13-9-16-15-5-4-8-28-23(15)29-21(16)22(30(13)12-24(2,3)27)20-17(25)10-14(11-18(20)26)6-7-19(31)32/h4-8,10-11,13,22H,9,12H2,1-3H3,(H,28,29)(H,31,32)/b7-6+/t13?,22-/m1/s1. The van der Waals surface area contributed by atoms with Crippen LogP contribution in [0.4, 0.5) is 13.2 Å². The number of halogens is 3. The van der Waals surface area contributed by atoms with Gasteiger partial charge in [-0.05, 0) is 68.7 Å². The molecule has 2 aromatic heterocycles. The van der Waals surface area contributed by atoms with E-state index < -0.39 is 29.3 Å². The van der Waals surface area contributed by atoms with Crippen molar-refractivity contribution >= 4 is 23.1 Å². The quantitative estimate of drug-likeness (QED) is 0.543. The van der Waals surface area contributed by atoms with Crippen molar-refractivity contribution in [1.82, 2.24) is 14.9 Å². The minimum Gasteiger partial charge on any atom is -0.478 e. The molecule has 32 heavy (non-hydrogen) atoms. The van der Waals surface area contributed by atoms with Gasteiger partial charge in [-0.3, -0.25) is 4.90 Å². The van der Waals surface area contributed by atoms with E-state index in [1.165, 1.54) is 13.8 Å². The van der Waals surface area contributed by atoms with Crippen LogP contribution in [0.5, 0.6) is 0 Å². The van der Waals surface area contributed by atoms with Crippen molar-refractivity contribution in [3.63, 3.8) is 0 Å². The second-order valence-corrected chi connectivity index (χ2v) is 8.83. The van der Waals surface area contributed by atoms with Crippen molar-refractivity contribution < 1.29 is 23.1 Å². The summed E-state index contributed by atoms with van der Waals surface area (Å²) < 4.78 is 45.4. The van der Waals surface area contributed by atoms with Gasteiger partial charge in [0.2, 0.25) is 0 Å². The van der Waals surface area contributed by atoms with E-state index in [4.69, 9.17) is 5.11 Å². The second kappa shape index (κ2) is 8.09. The number of H-pyrrole nitrogens is 1. The van der Waals surface area contributed by atoms with Crippen LogP contribution in [0.1, 0.15) is 49.2 Å². The molecule has 0 aliphatic carbocycles. The molecule has 2 atom stereocenters. The molecule has 3 aromatic rings. The highest BCUT2D eigenvalue weighted by Crippen LogP contribution is 2.43. The van der Waals surface area contributed by atoms with Crippen LogP contribution in [0.3, 0.4) is 0 Å². The Balaban J connectivity index is 1.92. The lowest BCUT2D eigenvalue weighted by Crippen LogP contribution is -2.48. The Hall–Kier alpha value is -3.13. The topological polar surface area (TPSA) is 69.2 Å². The molecule has 8 heteroatoms. The van der Waals surface area contributed by atoms with Gasteiger partial charge in [-0.2, -0.15) is 0 Å². The van der Waals surface area contributed by atoms with Gasteiger partial charge >= 0.3 is 5.97 Å². The van der Waals surface area contributed by atoms with Crippen LogP contribution in [0, 0.1) is 11.6 Å². The fourth-order valence-electron chi connectivity index (χ4n) is 4.50. The van der Waals surface area contributed by atoms with Crippen LogP contribution < -0.4 is 0 Å². The zero-order valence-corrected chi connectivity index (χ0v) is 18.0. The zero-order valence-electron chi connectivity index (χ0n) is 18.0. The molecule has 0 bridgehead atoms.